The molecule has 1 saturated heterocycles. The highest BCUT2D eigenvalue weighted by Crippen LogP contribution is 2.30. The van der Waals surface area contributed by atoms with Crippen LogP contribution in [0.5, 0.6) is 0 Å². The number of hydrogen-bond acceptors (Lipinski definition) is 2. The molecule has 1 atom stereocenters. The van der Waals surface area contributed by atoms with Crippen molar-refractivity contribution in [2.75, 3.05) is 19.6 Å². The first-order valence-electron chi connectivity index (χ1n) is 11.2. The molecule has 4 nitrogen and oxygen atoms in total. The summed E-state index contributed by atoms with van der Waals surface area (Å²) in [7, 11) is 0. The molecule has 0 spiro atoms. The number of amides is 1. The van der Waals surface area contributed by atoms with E-state index in [0.717, 1.165) is 42.0 Å². The summed E-state index contributed by atoms with van der Waals surface area (Å²) in [6.07, 6.45) is 2.86. The van der Waals surface area contributed by atoms with Gasteiger partial charge in [0.15, 0.2) is 0 Å². The number of nitrogens with one attached hydrogen (secondary N) is 1. The minimum Gasteiger partial charge on any atom is -0.333 e. The number of benzene rings is 3. The van der Waals surface area contributed by atoms with Gasteiger partial charge in [-0.3, -0.25) is 4.79 Å². The lowest BCUT2D eigenvalue weighted by molar-refractivity contribution is 0.0637. The van der Waals surface area contributed by atoms with Crippen LogP contribution in [-0.2, 0) is 6.42 Å². The predicted octanol–water partition coefficient (Wildman–Crippen LogP) is 4.80. The van der Waals surface area contributed by atoms with E-state index in [9.17, 15) is 4.79 Å². The zero-order chi connectivity index (χ0) is 21.8. The Hall–Kier alpha value is -3.63. The standard InChI is InChI=1S/C28H27N3O/c32-28(31-19-17-29-21-25(31)20-22-10-4-1-5-11-22)26-16-18-30(24-14-8-3-9-15-24)27(26)23-12-6-2-7-13-23/h1-16,18,25,29H,17,19-21H2/t25-/m1/s1. The van der Waals surface area contributed by atoms with Gasteiger partial charge < -0.3 is 14.8 Å². The summed E-state index contributed by atoms with van der Waals surface area (Å²) in [5, 5.41) is 3.47. The van der Waals surface area contributed by atoms with E-state index < -0.39 is 0 Å². The Bertz CT molecular complexity index is 1170. The smallest absolute Gasteiger partial charge is 0.256 e. The fourth-order valence-corrected chi connectivity index (χ4v) is 4.55. The van der Waals surface area contributed by atoms with Gasteiger partial charge in [0.05, 0.1) is 11.3 Å². The minimum absolute atomic E-state index is 0.0981. The Morgan fingerprint density at radius 1 is 0.844 bits per heavy atom. The van der Waals surface area contributed by atoms with Crippen molar-refractivity contribution >= 4 is 5.91 Å². The molecule has 0 bridgehead atoms. The molecule has 1 fully saturated rings. The maximum absolute atomic E-state index is 13.9. The predicted molar refractivity (Wildman–Crippen MR) is 129 cm³/mol. The lowest BCUT2D eigenvalue weighted by atomic mass is 10.0. The lowest BCUT2D eigenvalue weighted by Gasteiger charge is -2.36. The van der Waals surface area contributed by atoms with Crippen molar-refractivity contribution in [3.8, 4) is 16.9 Å². The van der Waals surface area contributed by atoms with Crippen LogP contribution >= 0.6 is 0 Å². The molecule has 4 heteroatoms. The molecule has 1 aliphatic heterocycles. The number of carbonyl (C=O) groups is 1. The number of carbonyl (C=O) groups excluding carboxylic acids is 1. The van der Waals surface area contributed by atoms with Crippen LogP contribution in [0, 0.1) is 0 Å². The first kappa shape index (κ1) is 20.3. The Morgan fingerprint density at radius 2 is 1.50 bits per heavy atom. The molecule has 1 aromatic heterocycles. The van der Waals surface area contributed by atoms with Crippen molar-refractivity contribution in [3.05, 3.63) is 114 Å². The van der Waals surface area contributed by atoms with Crippen LogP contribution in [0.4, 0.5) is 0 Å². The second kappa shape index (κ2) is 9.25. The molecule has 0 aliphatic carbocycles. The maximum Gasteiger partial charge on any atom is 0.256 e. The van der Waals surface area contributed by atoms with E-state index in [1.165, 1.54) is 5.56 Å². The number of piperazine rings is 1. The second-order valence-electron chi connectivity index (χ2n) is 8.20. The third-order valence-corrected chi connectivity index (χ3v) is 6.12. The van der Waals surface area contributed by atoms with Crippen molar-refractivity contribution in [1.29, 1.82) is 0 Å². The number of hydrogen-bond donors (Lipinski definition) is 1. The van der Waals surface area contributed by atoms with Crippen LogP contribution in [0.25, 0.3) is 16.9 Å². The van der Waals surface area contributed by atoms with Gasteiger partial charge in [0, 0.05) is 37.6 Å². The van der Waals surface area contributed by atoms with Gasteiger partial charge in [-0.05, 0) is 35.7 Å². The fourth-order valence-electron chi connectivity index (χ4n) is 4.55. The van der Waals surface area contributed by atoms with Crippen molar-refractivity contribution in [2.24, 2.45) is 0 Å². The van der Waals surface area contributed by atoms with Crippen LogP contribution in [-0.4, -0.2) is 41.1 Å². The molecule has 5 rings (SSSR count). The van der Waals surface area contributed by atoms with Crippen LogP contribution in [0.3, 0.4) is 0 Å². The van der Waals surface area contributed by atoms with Gasteiger partial charge in [0.1, 0.15) is 0 Å². The van der Waals surface area contributed by atoms with E-state index in [-0.39, 0.29) is 11.9 Å². The van der Waals surface area contributed by atoms with E-state index in [0.29, 0.717) is 6.54 Å². The quantitative estimate of drug-likeness (QED) is 0.503. The fraction of sp³-hybridized carbons (Fsp3) is 0.179. The number of para-hydroxylation sites is 1. The summed E-state index contributed by atoms with van der Waals surface area (Å²) in [6, 6.07) is 32.9. The van der Waals surface area contributed by atoms with Crippen LogP contribution in [0.1, 0.15) is 15.9 Å². The molecule has 0 unspecified atom stereocenters. The van der Waals surface area contributed by atoms with Gasteiger partial charge in [-0.1, -0.05) is 78.9 Å². The highest BCUT2D eigenvalue weighted by atomic mass is 16.2. The Labute approximate surface area is 189 Å². The number of nitrogens with zero attached hydrogens (tertiary/aromatic N) is 2. The summed E-state index contributed by atoms with van der Waals surface area (Å²) in [5.74, 6) is 0.0981. The first-order chi connectivity index (χ1) is 15.8. The van der Waals surface area contributed by atoms with Crippen molar-refractivity contribution in [2.45, 2.75) is 12.5 Å². The third-order valence-electron chi connectivity index (χ3n) is 6.12. The van der Waals surface area contributed by atoms with Crippen molar-refractivity contribution < 1.29 is 4.79 Å². The molecule has 160 valence electrons. The first-order valence-corrected chi connectivity index (χ1v) is 11.2. The molecular formula is C28H27N3O. The van der Waals surface area contributed by atoms with E-state index >= 15 is 0 Å². The zero-order valence-electron chi connectivity index (χ0n) is 18.0. The van der Waals surface area contributed by atoms with Gasteiger partial charge in [-0.25, -0.2) is 0 Å². The Kier molecular flexibility index (Phi) is 5.86. The minimum atomic E-state index is 0.0981. The van der Waals surface area contributed by atoms with Gasteiger partial charge in [-0.2, -0.15) is 0 Å². The maximum atomic E-state index is 13.9. The molecule has 1 aliphatic rings. The normalized spacial score (nSPS) is 16.1. The SMILES string of the molecule is O=C(c1ccn(-c2ccccc2)c1-c1ccccc1)N1CCNC[C@H]1Cc1ccccc1. The molecule has 3 aromatic carbocycles. The average molecular weight is 422 g/mol. The molecule has 1 amide bonds. The van der Waals surface area contributed by atoms with Crippen molar-refractivity contribution in [1.82, 2.24) is 14.8 Å². The molecule has 32 heavy (non-hydrogen) atoms. The zero-order valence-corrected chi connectivity index (χ0v) is 18.0. The number of aromatic nitrogens is 1. The molecule has 4 aromatic rings. The van der Waals surface area contributed by atoms with Crippen LogP contribution < -0.4 is 5.32 Å². The summed E-state index contributed by atoms with van der Waals surface area (Å²) < 4.78 is 2.12. The number of rotatable bonds is 5. The highest BCUT2D eigenvalue weighted by molar-refractivity contribution is 6.01. The largest absolute Gasteiger partial charge is 0.333 e. The Morgan fingerprint density at radius 3 is 2.22 bits per heavy atom. The van der Waals surface area contributed by atoms with E-state index in [2.05, 4.69) is 63.3 Å². The van der Waals surface area contributed by atoms with E-state index in [1.807, 2.05) is 54.7 Å². The molecular weight excluding hydrogens is 394 g/mol. The van der Waals surface area contributed by atoms with Crippen LogP contribution in [0.15, 0.2) is 103 Å². The summed E-state index contributed by atoms with van der Waals surface area (Å²) >= 11 is 0. The van der Waals surface area contributed by atoms with E-state index in [1.54, 1.807) is 0 Å². The topological polar surface area (TPSA) is 37.3 Å². The summed E-state index contributed by atoms with van der Waals surface area (Å²) in [4.78, 5) is 16.0. The average Bonchev–Trinajstić information content (AvgIpc) is 3.31. The van der Waals surface area contributed by atoms with Gasteiger partial charge in [-0.15, -0.1) is 0 Å². The Balaban J connectivity index is 1.53. The van der Waals surface area contributed by atoms with Gasteiger partial charge in [0.25, 0.3) is 5.91 Å². The third kappa shape index (κ3) is 4.10. The molecule has 2 heterocycles. The lowest BCUT2D eigenvalue weighted by Crippen LogP contribution is -2.54. The molecule has 0 saturated carbocycles. The van der Waals surface area contributed by atoms with Crippen LogP contribution in [0.2, 0.25) is 0 Å². The highest BCUT2D eigenvalue weighted by Gasteiger charge is 2.30. The van der Waals surface area contributed by atoms with E-state index in [4.69, 9.17) is 0 Å². The van der Waals surface area contributed by atoms with Crippen molar-refractivity contribution in [3.63, 3.8) is 0 Å². The van der Waals surface area contributed by atoms with Gasteiger partial charge in [0.2, 0.25) is 0 Å². The summed E-state index contributed by atoms with van der Waals surface area (Å²) in [6.45, 7) is 2.33. The molecule has 0 radical (unpaired) electrons. The van der Waals surface area contributed by atoms with Gasteiger partial charge >= 0.3 is 0 Å². The second-order valence-corrected chi connectivity index (χ2v) is 8.20. The monoisotopic (exact) mass is 421 g/mol. The summed E-state index contributed by atoms with van der Waals surface area (Å²) in [5.41, 5.74) is 5.04. The molecule has 1 N–H and O–H groups in total.